The summed E-state index contributed by atoms with van der Waals surface area (Å²) in [4.78, 5) is 4.14. The number of halogens is 1. The molecule has 84 valence electrons. The van der Waals surface area contributed by atoms with Crippen LogP contribution in [0, 0.1) is 6.92 Å². The largest absolute Gasteiger partial charge is 0.330 e. The van der Waals surface area contributed by atoms with Crippen LogP contribution < -0.4 is 5.73 Å². The van der Waals surface area contributed by atoms with Gasteiger partial charge in [0.25, 0.3) is 0 Å². The molecule has 0 aliphatic carbocycles. The third kappa shape index (κ3) is 2.10. The van der Waals surface area contributed by atoms with Crippen LogP contribution in [0.2, 0.25) is 5.02 Å². The first-order chi connectivity index (χ1) is 7.72. The summed E-state index contributed by atoms with van der Waals surface area (Å²) in [5, 5.41) is 0.724. The highest BCUT2D eigenvalue weighted by molar-refractivity contribution is 6.32. The SMILES string of the molecule is Cc1ccc(Cl)c(-n2cncc2CCN)c1. The number of benzene rings is 1. The van der Waals surface area contributed by atoms with Gasteiger partial charge >= 0.3 is 0 Å². The number of aromatic nitrogens is 2. The minimum Gasteiger partial charge on any atom is -0.330 e. The number of nitrogens with zero attached hydrogens (tertiary/aromatic N) is 2. The predicted octanol–water partition coefficient (Wildman–Crippen LogP) is 2.34. The molecule has 0 aliphatic rings. The Morgan fingerprint density at radius 3 is 3.00 bits per heavy atom. The van der Waals surface area contributed by atoms with E-state index < -0.39 is 0 Å². The quantitative estimate of drug-likeness (QED) is 0.888. The summed E-state index contributed by atoms with van der Waals surface area (Å²) in [6.45, 7) is 2.65. The van der Waals surface area contributed by atoms with E-state index in [1.807, 2.05) is 35.9 Å². The van der Waals surface area contributed by atoms with E-state index in [9.17, 15) is 0 Å². The molecular weight excluding hydrogens is 222 g/mol. The summed E-state index contributed by atoms with van der Waals surface area (Å²) in [6.07, 6.45) is 4.39. The summed E-state index contributed by atoms with van der Waals surface area (Å²) in [7, 11) is 0. The summed E-state index contributed by atoms with van der Waals surface area (Å²) in [5.41, 5.74) is 8.77. The minimum atomic E-state index is 0.606. The summed E-state index contributed by atoms with van der Waals surface area (Å²) in [6, 6.07) is 5.94. The van der Waals surface area contributed by atoms with Gasteiger partial charge in [-0.3, -0.25) is 0 Å². The lowest BCUT2D eigenvalue weighted by Crippen LogP contribution is -2.07. The Morgan fingerprint density at radius 2 is 2.25 bits per heavy atom. The van der Waals surface area contributed by atoms with E-state index in [1.165, 1.54) is 5.56 Å². The average molecular weight is 236 g/mol. The Kier molecular flexibility index (Phi) is 3.27. The number of hydrogen-bond acceptors (Lipinski definition) is 2. The van der Waals surface area contributed by atoms with Crippen LogP contribution in [-0.2, 0) is 6.42 Å². The van der Waals surface area contributed by atoms with Crippen LogP contribution in [0.1, 0.15) is 11.3 Å². The van der Waals surface area contributed by atoms with Crippen LogP contribution in [0.15, 0.2) is 30.7 Å². The predicted molar refractivity (Wildman–Crippen MR) is 66.1 cm³/mol. The molecule has 0 saturated heterocycles. The van der Waals surface area contributed by atoms with Crippen LogP contribution in [0.3, 0.4) is 0 Å². The smallest absolute Gasteiger partial charge is 0.0994 e. The molecule has 0 radical (unpaired) electrons. The van der Waals surface area contributed by atoms with Gasteiger partial charge in [0.1, 0.15) is 0 Å². The molecule has 0 aliphatic heterocycles. The maximum absolute atomic E-state index is 6.18. The van der Waals surface area contributed by atoms with Crippen molar-refractivity contribution >= 4 is 11.6 Å². The Bertz CT molecular complexity index is 491. The highest BCUT2D eigenvalue weighted by Crippen LogP contribution is 2.23. The normalized spacial score (nSPS) is 10.7. The second-order valence-corrected chi connectivity index (χ2v) is 4.16. The van der Waals surface area contributed by atoms with Crippen molar-refractivity contribution in [1.29, 1.82) is 0 Å². The molecular formula is C12H14ClN3. The van der Waals surface area contributed by atoms with Crippen molar-refractivity contribution in [2.75, 3.05) is 6.54 Å². The topological polar surface area (TPSA) is 43.8 Å². The molecule has 1 aromatic heterocycles. The standard InChI is InChI=1S/C12H14ClN3/c1-9-2-3-11(13)12(6-9)16-8-15-7-10(16)4-5-14/h2-3,6-8H,4-5,14H2,1H3. The fourth-order valence-corrected chi connectivity index (χ4v) is 1.89. The fraction of sp³-hybridized carbons (Fsp3) is 0.250. The van der Waals surface area contributed by atoms with Crippen LogP contribution in [-0.4, -0.2) is 16.1 Å². The molecule has 0 saturated carbocycles. The molecule has 0 unspecified atom stereocenters. The molecule has 2 rings (SSSR count). The van der Waals surface area contributed by atoms with Crippen molar-refractivity contribution in [3.05, 3.63) is 47.0 Å². The van der Waals surface area contributed by atoms with Crippen LogP contribution in [0.25, 0.3) is 5.69 Å². The molecule has 0 amide bonds. The van der Waals surface area contributed by atoms with Gasteiger partial charge in [-0.25, -0.2) is 4.98 Å². The van der Waals surface area contributed by atoms with Gasteiger partial charge < -0.3 is 10.3 Å². The molecule has 0 atom stereocenters. The van der Waals surface area contributed by atoms with Crippen LogP contribution >= 0.6 is 11.6 Å². The zero-order chi connectivity index (χ0) is 11.5. The molecule has 2 aromatic rings. The first-order valence-electron chi connectivity index (χ1n) is 5.20. The molecule has 0 spiro atoms. The average Bonchev–Trinajstić information content (AvgIpc) is 2.70. The molecule has 1 aromatic carbocycles. The maximum Gasteiger partial charge on any atom is 0.0994 e. The third-order valence-electron chi connectivity index (χ3n) is 2.48. The Labute approximate surface area is 99.9 Å². The van der Waals surface area contributed by atoms with Gasteiger partial charge in [-0.2, -0.15) is 0 Å². The molecule has 2 N–H and O–H groups in total. The lowest BCUT2D eigenvalue weighted by molar-refractivity contribution is 0.873. The molecule has 0 bridgehead atoms. The Hall–Kier alpha value is -1.32. The van der Waals surface area contributed by atoms with E-state index >= 15 is 0 Å². The lowest BCUT2D eigenvalue weighted by atomic mass is 10.2. The van der Waals surface area contributed by atoms with Crippen LogP contribution in [0.4, 0.5) is 0 Å². The van der Waals surface area contributed by atoms with Gasteiger partial charge in [-0.1, -0.05) is 17.7 Å². The summed E-state index contributed by atoms with van der Waals surface area (Å²) >= 11 is 6.18. The van der Waals surface area contributed by atoms with E-state index in [0.717, 1.165) is 22.8 Å². The summed E-state index contributed by atoms with van der Waals surface area (Å²) in [5.74, 6) is 0. The molecule has 16 heavy (non-hydrogen) atoms. The van der Waals surface area contributed by atoms with Crippen molar-refractivity contribution < 1.29 is 0 Å². The number of hydrogen-bond donors (Lipinski definition) is 1. The second-order valence-electron chi connectivity index (χ2n) is 3.75. The van der Waals surface area contributed by atoms with Crippen molar-refractivity contribution in [3.63, 3.8) is 0 Å². The number of imidazole rings is 1. The monoisotopic (exact) mass is 235 g/mol. The highest BCUT2D eigenvalue weighted by atomic mass is 35.5. The van der Waals surface area contributed by atoms with E-state index in [0.29, 0.717) is 6.54 Å². The van der Waals surface area contributed by atoms with E-state index in [-0.39, 0.29) is 0 Å². The van der Waals surface area contributed by atoms with Crippen molar-refractivity contribution in [2.24, 2.45) is 5.73 Å². The lowest BCUT2D eigenvalue weighted by Gasteiger charge is -2.10. The Balaban J connectivity index is 2.49. The van der Waals surface area contributed by atoms with Crippen LogP contribution in [0.5, 0.6) is 0 Å². The first kappa shape index (κ1) is 11.2. The maximum atomic E-state index is 6.18. The minimum absolute atomic E-state index is 0.606. The third-order valence-corrected chi connectivity index (χ3v) is 2.80. The zero-order valence-corrected chi connectivity index (χ0v) is 9.91. The van der Waals surface area contributed by atoms with Crippen molar-refractivity contribution in [2.45, 2.75) is 13.3 Å². The highest BCUT2D eigenvalue weighted by Gasteiger charge is 2.07. The second kappa shape index (κ2) is 4.68. The summed E-state index contributed by atoms with van der Waals surface area (Å²) < 4.78 is 1.99. The van der Waals surface area contributed by atoms with E-state index in [2.05, 4.69) is 4.98 Å². The zero-order valence-electron chi connectivity index (χ0n) is 9.15. The fourth-order valence-electron chi connectivity index (χ4n) is 1.68. The van der Waals surface area contributed by atoms with Gasteiger partial charge in [0.2, 0.25) is 0 Å². The van der Waals surface area contributed by atoms with Gasteiger partial charge in [-0.15, -0.1) is 0 Å². The number of rotatable bonds is 3. The van der Waals surface area contributed by atoms with Gasteiger partial charge in [0, 0.05) is 18.3 Å². The van der Waals surface area contributed by atoms with E-state index in [4.69, 9.17) is 17.3 Å². The number of nitrogens with two attached hydrogens (primary N) is 1. The van der Waals surface area contributed by atoms with Gasteiger partial charge in [0.15, 0.2) is 0 Å². The first-order valence-corrected chi connectivity index (χ1v) is 5.58. The van der Waals surface area contributed by atoms with Gasteiger partial charge in [0.05, 0.1) is 17.0 Å². The molecule has 3 nitrogen and oxygen atoms in total. The van der Waals surface area contributed by atoms with E-state index in [1.54, 1.807) is 6.33 Å². The molecule has 4 heteroatoms. The van der Waals surface area contributed by atoms with Crippen molar-refractivity contribution in [1.82, 2.24) is 9.55 Å². The number of aryl methyl sites for hydroxylation is 1. The van der Waals surface area contributed by atoms with Crippen molar-refractivity contribution in [3.8, 4) is 5.69 Å². The van der Waals surface area contributed by atoms with Gasteiger partial charge in [-0.05, 0) is 31.2 Å². The molecule has 1 heterocycles. The Morgan fingerprint density at radius 1 is 1.44 bits per heavy atom. The molecule has 0 fully saturated rings.